The predicted molar refractivity (Wildman–Crippen MR) is 76.3 cm³/mol. The Morgan fingerprint density at radius 2 is 2.00 bits per heavy atom. The first kappa shape index (κ1) is 14.7. The van der Waals surface area contributed by atoms with E-state index in [1.165, 1.54) is 0 Å². The lowest BCUT2D eigenvalue weighted by Gasteiger charge is -2.44. The van der Waals surface area contributed by atoms with Crippen molar-refractivity contribution in [2.75, 3.05) is 18.6 Å². The van der Waals surface area contributed by atoms with Crippen LogP contribution in [0.3, 0.4) is 0 Å². The zero-order valence-corrected chi connectivity index (χ0v) is 12.4. The highest BCUT2D eigenvalue weighted by Gasteiger charge is 2.42. The number of carboxylic acids is 1. The molecule has 1 saturated heterocycles. The van der Waals surface area contributed by atoms with Crippen molar-refractivity contribution in [3.63, 3.8) is 0 Å². The van der Waals surface area contributed by atoms with Gasteiger partial charge in [-0.25, -0.2) is 0 Å². The van der Waals surface area contributed by atoms with E-state index in [0.29, 0.717) is 0 Å². The predicted octanol–water partition coefficient (Wildman–Crippen LogP) is 2.38. The minimum absolute atomic E-state index is 0.0924. The maximum atomic E-state index is 12.6. The number of carbonyl (C=O) groups is 2. The molecule has 1 aliphatic heterocycles. The zero-order chi connectivity index (χ0) is 13.9. The highest BCUT2D eigenvalue weighted by molar-refractivity contribution is 7.99. The first-order valence-corrected chi connectivity index (χ1v) is 8.28. The van der Waals surface area contributed by atoms with Crippen LogP contribution in [-0.4, -0.2) is 46.0 Å². The number of carbonyl (C=O) groups excluding carboxylic acids is 1. The SMILES string of the molecule is CN(C(=O)C1CCSC1)C1(CC(=O)O)CCCCC1. The molecule has 19 heavy (non-hydrogen) atoms. The fourth-order valence-corrected chi connectivity index (χ4v) is 4.57. The van der Waals surface area contributed by atoms with E-state index in [2.05, 4.69) is 0 Å². The first-order valence-electron chi connectivity index (χ1n) is 7.12. The second-order valence-corrected chi connectivity index (χ2v) is 6.96. The van der Waals surface area contributed by atoms with Crippen molar-refractivity contribution < 1.29 is 14.7 Å². The molecule has 0 spiro atoms. The van der Waals surface area contributed by atoms with Gasteiger partial charge in [-0.1, -0.05) is 19.3 Å². The second-order valence-electron chi connectivity index (χ2n) is 5.81. The molecule has 2 fully saturated rings. The number of nitrogens with zero attached hydrogens (tertiary/aromatic N) is 1. The van der Waals surface area contributed by atoms with Crippen LogP contribution in [0.15, 0.2) is 0 Å². The third-order valence-corrected chi connectivity index (χ3v) is 5.75. The number of aliphatic carboxylic acids is 1. The molecule has 1 aliphatic carbocycles. The summed E-state index contributed by atoms with van der Waals surface area (Å²) in [4.78, 5) is 25.5. The van der Waals surface area contributed by atoms with Crippen molar-refractivity contribution in [1.82, 2.24) is 4.90 Å². The molecule has 2 rings (SSSR count). The van der Waals surface area contributed by atoms with Gasteiger partial charge >= 0.3 is 5.97 Å². The average Bonchev–Trinajstić information content (AvgIpc) is 2.91. The third-order valence-electron chi connectivity index (χ3n) is 4.59. The van der Waals surface area contributed by atoms with Crippen LogP contribution in [-0.2, 0) is 9.59 Å². The number of amides is 1. The summed E-state index contributed by atoms with van der Waals surface area (Å²) in [5.41, 5.74) is -0.436. The molecule has 0 radical (unpaired) electrons. The molecule has 0 aromatic carbocycles. The van der Waals surface area contributed by atoms with Gasteiger partial charge in [-0.15, -0.1) is 0 Å². The van der Waals surface area contributed by atoms with Crippen molar-refractivity contribution >= 4 is 23.6 Å². The molecule has 4 nitrogen and oxygen atoms in total. The first-order chi connectivity index (χ1) is 9.05. The Hall–Kier alpha value is -0.710. The van der Waals surface area contributed by atoms with E-state index in [1.54, 1.807) is 4.90 Å². The molecule has 2 aliphatic rings. The third kappa shape index (κ3) is 3.25. The molecule has 0 aromatic heterocycles. The fourth-order valence-electron chi connectivity index (χ4n) is 3.36. The second kappa shape index (κ2) is 6.16. The molecule has 1 unspecified atom stereocenters. The standard InChI is InChI=1S/C14H23NO3S/c1-15(13(18)11-5-8-19-10-11)14(9-12(16)17)6-3-2-4-7-14/h11H,2-10H2,1H3,(H,16,17). The molecule has 1 saturated carbocycles. The molecule has 0 aromatic rings. The minimum atomic E-state index is -0.789. The number of hydrogen-bond acceptors (Lipinski definition) is 3. The van der Waals surface area contributed by atoms with Crippen molar-refractivity contribution in [2.45, 2.75) is 50.5 Å². The number of hydrogen-bond donors (Lipinski definition) is 1. The van der Waals surface area contributed by atoms with Gasteiger partial charge in [0.1, 0.15) is 0 Å². The average molecular weight is 285 g/mol. The van der Waals surface area contributed by atoms with E-state index in [4.69, 9.17) is 0 Å². The van der Waals surface area contributed by atoms with Crippen LogP contribution in [0.5, 0.6) is 0 Å². The van der Waals surface area contributed by atoms with Gasteiger partial charge in [0.25, 0.3) is 0 Å². The van der Waals surface area contributed by atoms with Gasteiger partial charge in [0, 0.05) is 18.7 Å². The number of thioether (sulfide) groups is 1. The van der Waals surface area contributed by atoms with Crippen LogP contribution in [0.1, 0.15) is 44.9 Å². The van der Waals surface area contributed by atoms with Crippen molar-refractivity contribution in [2.24, 2.45) is 5.92 Å². The molecule has 1 atom stereocenters. The van der Waals surface area contributed by atoms with Gasteiger partial charge in [-0.2, -0.15) is 11.8 Å². The van der Waals surface area contributed by atoms with Gasteiger partial charge in [0.2, 0.25) is 5.91 Å². The quantitative estimate of drug-likeness (QED) is 0.861. The van der Waals surface area contributed by atoms with Crippen molar-refractivity contribution in [3.8, 4) is 0 Å². The normalized spacial score (nSPS) is 26.1. The van der Waals surface area contributed by atoms with E-state index in [1.807, 2.05) is 18.8 Å². The van der Waals surface area contributed by atoms with E-state index in [9.17, 15) is 14.7 Å². The van der Waals surface area contributed by atoms with Gasteiger partial charge in [0.05, 0.1) is 12.0 Å². The van der Waals surface area contributed by atoms with Crippen LogP contribution in [0.4, 0.5) is 0 Å². The minimum Gasteiger partial charge on any atom is -0.481 e. The van der Waals surface area contributed by atoms with Crippen molar-refractivity contribution in [1.29, 1.82) is 0 Å². The molecular weight excluding hydrogens is 262 g/mol. The van der Waals surface area contributed by atoms with Crippen molar-refractivity contribution in [3.05, 3.63) is 0 Å². The van der Waals surface area contributed by atoms with Crippen LogP contribution in [0, 0.1) is 5.92 Å². The van der Waals surface area contributed by atoms with Gasteiger partial charge in [-0.3, -0.25) is 9.59 Å². The Balaban J connectivity index is 2.11. The summed E-state index contributed by atoms with van der Waals surface area (Å²) in [6.45, 7) is 0. The lowest BCUT2D eigenvalue weighted by atomic mass is 9.77. The lowest BCUT2D eigenvalue weighted by Crippen LogP contribution is -2.53. The summed E-state index contributed by atoms with van der Waals surface area (Å²) in [7, 11) is 1.82. The summed E-state index contributed by atoms with van der Waals surface area (Å²) in [5.74, 6) is 1.42. The van der Waals surface area contributed by atoms with Crippen LogP contribution in [0.25, 0.3) is 0 Å². The molecule has 0 bridgehead atoms. The Labute approximate surface area is 118 Å². The summed E-state index contributed by atoms with van der Waals surface area (Å²) in [6, 6.07) is 0. The number of rotatable bonds is 4. The zero-order valence-electron chi connectivity index (χ0n) is 11.6. The van der Waals surface area contributed by atoms with E-state index >= 15 is 0 Å². The van der Waals surface area contributed by atoms with E-state index in [-0.39, 0.29) is 18.2 Å². The summed E-state index contributed by atoms with van der Waals surface area (Å²) >= 11 is 1.82. The topological polar surface area (TPSA) is 57.6 Å². The lowest BCUT2D eigenvalue weighted by molar-refractivity contribution is -0.147. The van der Waals surface area contributed by atoms with Crippen LogP contribution in [0.2, 0.25) is 0 Å². The number of carboxylic acid groups (broad SMARTS) is 1. The van der Waals surface area contributed by atoms with Gasteiger partial charge in [0.15, 0.2) is 0 Å². The van der Waals surface area contributed by atoms with Gasteiger partial charge < -0.3 is 10.0 Å². The maximum Gasteiger partial charge on any atom is 0.305 e. The van der Waals surface area contributed by atoms with Crippen LogP contribution >= 0.6 is 11.8 Å². The molecular formula is C14H23NO3S. The molecule has 1 amide bonds. The van der Waals surface area contributed by atoms with Crippen LogP contribution < -0.4 is 0 Å². The molecule has 1 N–H and O–H groups in total. The summed E-state index contributed by atoms with van der Waals surface area (Å²) in [5, 5.41) is 9.18. The fraction of sp³-hybridized carbons (Fsp3) is 0.857. The Kier molecular flexibility index (Phi) is 4.76. The summed E-state index contributed by atoms with van der Waals surface area (Å²) < 4.78 is 0. The highest BCUT2D eigenvalue weighted by Crippen LogP contribution is 2.38. The Morgan fingerprint density at radius 1 is 1.32 bits per heavy atom. The van der Waals surface area contributed by atoms with E-state index in [0.717, 1.165) is 50.0 Å². The van der Waals surface area contributed by atoms with Gasteiger partial charge in [-0.05, 0) is 25.0 Å². The van der Waals surface area contributed by atoms with E-state index < -0.39 is 11.5 Å². The summed E-state index contributed by atoms with van der Waals surface area (Å²) in [6.07, 6.45) is 5.92. The highest BCUT2D eigenvalue weighted by atomic mass is 32.2. The molecule has 5 heteroatoms. The monoisotopic (exact) mass is 285 g/mol. The largest absolute Gasteiger partial charge is 0.481 e. The Bertz CT molecular complexity index is 347. The smallest absolute Gasteiger partial charge is 0.305 e. The molecule has 108 valence electrons. The Morgan fingerprint density at radius 3 is 2.53 bits per heavy atom. The molecule has 1 heterocycles. The maximum absolute atomic E-state index is 12.6.